The minimum absolute atomic E-state index is 0.226. The number of aryl methyl sites for hydroxylation is 2. The fourth-order valence-electron chi connectivity index (χ4n) is 2.65. The number of nitrogens with zero attached hydrogens (tertiary/aromatic N) is 4. The zero-order valence-corrected chi connectivity index (χ0v) is 14.8. The Bertz CT molecular complexity index is 974. The van der Waals surface area contributed by atoms with Crippen LogP contribution in [0.3, 0.4) is 0 Å². The summed E-state index contributed by atoms with van der Waals surface area (Å²) in [6.07, 6.45) is 3.50. The summed E-state index contributed by atoms with van der Waals surface area (Å²) in [5.74, 6) is 0. The molecule has 0 N–H and O–H groups in total. The predicted octanol–water partition coefficient (Wildman–Crippen LogP) is 2.58. The van der Waals surface area contributed by atoms with E-state index < -0.39 is 10.0 Å². The zero-order chi connectivity index (χ0) is 17.3. The lowest BCUT2D eigenvalue weighted by Crippen LogP contribution is -2.27. The lowest BCUT2D eigenvalue weighted by atomic mass is 10.2. The molecule has 2 aromatic heterocycles. The van der Waals surface area contributed by atoms with Crippen LogP contribution in [0, 0.1) is 6.92 Å². The van der Waals surface area contributed by atoms with Gasteiger partial charge in [0.05, 0.1) is 11.2 Å². The molecule has 0 unspecified atom stereocenters. The van der Waals surface area contributed by atoms with Gasteiger partial charge in [-0.25, -0.2) is 8.42 Å². The maximum atomic E-state index is 13.0. The van der Waals surface area contributed by atoms with Crippen molar-refractivity contribution in [1.82, 2.24) is 19.1 Å². The molecule has 0 amide bonds. The van der Waals surface area contributed by atoms with Gasteiger partial charge in [-0.2, -0.15) is 9.40 Å². The second-order valence-electron chi connectivity index (χ2n) is 5.69. The highest BCUT2D eigenvalue weighted by Gasteiger charge is 2.24. The number of sulfonamides is 1. The third-order valence-electron chi connectivity index (χ3n) is 4.05. The van der Waals surface area contributed by atoms with Gasteiger partial charge in [0.1, 0.15) is 4.90 Å². The Kier molecular flexibility index (Phi) is 4.38. The molecule has 126 valence electrons. The first-order valence-electron chi connectivity index (χ1n) is 7.76. The van der Waals surface area contributed by atoms with Gasteiger partial charge in [0.2, 0.25) is 10.0 Å². The van der Waals surface area contributed by atoms with E-state index in [9.17, 15) is 8.42 Å². The first-order valence-corrected chi connectivity index (χ1v) is 9.20. The predicted molar refractivity (Wildman–Crippen MR) is 93.0 cm³/mol. The molecule has 0 bridgehead atoms. The highest BCUT2D eigenvalue weighted by atomic mass is 32.2. The maximum Gasteiger partial charge on any atom is 0.245 e. The van der Waals surface area contributed by atoms with E-state index in [1.807, 2.05) is 36.9 Å². The van der Waals surface area contributed by atoms with Crippen LogP contribution in [-0.4, -0.2) is 34.5 Å². The fraction of sp³-hybridized carbons (Fsp3) is 0.294. The van der Waals surface area contributed by atoms with Gasteiger partial charge in [-0.15, -0.1) is 0 Å². The summed E-state index contributed by atoms with van der Waals surface area (Å²) >= 11 is 0. The number of rotatable bonds is 5. The molecule has 1 aromatic carbocycles. The number of pyridine rings is 1. The van der Waals surface area contributed by atoms with Crippen LogP contribution in [0.5, 0.6) is 0 Å². The molecule has 0 saturated heterocycles. The molecule has 3 rings (SSSR count). The standard InChI is InChI=1S/C17H20N4O2S/c1-4-21-12-15(13(2)19-21)11-20(3)24(22,23)16-9-5-7-14-8-6-10-18-17(14)16/h5-10,12H,4,11H2,1-3H3. The second-order valence-corrected chi connectivity index (χ2v) is 7.70. The monoisotopic (exact) mass is 344 g/mol. The number of hydrogen-bond donors (Lipinski definition) is 0. The molecular weight excluding hydrogens is 324 g/mol. The van der Waals surface area contributed by atoms with Crippen LogP contribution in [0.4, 0.5) is 0 Å². The minimum Gasteiger partial charge on any atom is -0.272 e. The maximum absolute atomic E-state index is 13.0. The van der Waals surface area contributed by atoms with E-state index in [2.05, 4.69) is 10.1 Å². The smallest absolute Gasteiger partial charge is 0.245 e. The molecule has 0 aliphatic rings. The van der Waals surface area contributed by atoms with Gasteiger partial charge in [-0.3, -0.25) is 9.67 Å². The fourth-order valence-corrected chi connectivity index (χ4v) is 3.96. The Labute approximate surface area is 141 Å². The molecule has 24 heavy (non-hydrogen) atoms. The van der Waals surface area contributed by atoms with Crippen LogP contribution in [-0.2, 0) is 23.1 Å². The normalized spacial score (nSPS) is 12.2. The Balaban J connectivity index is 1.98. The molecule has 0 radical (unpaired) electrons. The van der Waals surface area contributed by atoms with Crippen molar-refractivity contribution in [2.24, 2.45) is 0 Å². The summed E-state index contributed by atoms with van der Waals surface area (Å²) < 4.78 is 29.2. The van der Waals surface area contributed by atoms with Crippen molar-refractivity contribution in [3.63, 3.8) is 0 Å². The van der Waals surface area contributed by atoms with E-state index in [-0.39, 0.29) is 11.4 Å². The Morgan fingerprint density at radius 3 is 2.67 bits per heavy atom. The number of hydrogen-bond acceptors (Lipinski definition) is 4. The van der Waals surface area contributed by atoms with E-state index >= 15 is 0 Å². The summed E-state index contributed by atoms with van der Waals surface area (Å²) in [5, 5.41) is 5.18. The average Bonchev–Trinajstić information content (AvgIpc) is 2.94. The largest absolute Gasteiger partial charge is 0.272 e. The topological polar surface area (TPSA) is 68.1 Å². The van der Waals surface area contributed by atoms with Gasteiger partial charge in [-0.1, -0.05) is 18.2 Å². The molecule has 6 nitrogen and oxygen atoms in total. The molecular formula is C17H20N4O2S. The summed E-state index contributed by atoms with van der Waals surface area (Å²) in [5.41, 5.74) is 2.24. The Morgan fingerprint density at radius 1 is 1.21 bits per heavy atom. The van der Waals surface area contributed by atoms with Gasteiger partial charge >= 0.3 is 0 Å². The van der Waals surface area contributed by atoms with Gasteiger partial charge in [-0.05, 0) is 26.0 Å². The van der Waals surface area contributed by atoms with Crippen LogP contribution in [0.1, 0.15) is 18.2 Å². The molecule has 0 fully saturated rings. The molecule has 0 saturated carbocycles. The summed E-state index contributed by atoms with van der Waals surface area (Å²) in [6, 6.07) is 8.85. The lowest BCUT2D eigenvalue weighted by molar-refractivity contribution is 0.466. The zero-order valence-electron chi connectivity index (χ0n) is 14.0. The van der Waals surface area contributed by atoms with Crippen LogP contribution in [0.2, 0.25) is 0 Å². The van der Waals surface area contributed by atoms with Crippen LogP contribution in [0.25, 0.3) is 10.9 Å². The SMILES string of the molecule is CCn1cc(CN(C)S(=O)(=O)c2cccc3cccnc23)c(C)n1. The van der Waals surface area contributed by atoms with Crippen LogP contribution >= 0.6 is 0 Å². The Hall–Kier alpha value is -2.25. The lowest BCUT2D eigenvalue weighted by Gasteiger charge is -2.17. The van der Waals surface area contributed by atoms with Crippen LogP contribution < -0.4 is 0 Å². The highest BCUT2D eigenvalue weighted by Crippen LogP contribution is 2.24. The molecule has 0 spiro atoms. The first kappa shape index (κ1) is 16.6. The summed E-state index contributed by atoms with van der Waals surface area (Å²) in [6.45, 7) is 4.92. The van der Waals surface area contributed by atoms with E-state index in [0.717, 1.165) is 23.2 Å². The third-order valence-corrected chi connectivity index (χ3v) is 5.88. The van der Waals surface area contributed by atoms with Crippen molar-refractivity contribution >= 4 is 20.9 Å². The van der Waals surface area contributed by atoms with Gasteiger partial charge in [0.25, 0.3) is 0 Å². The minimum atomic E-state index is -3.64. The van der Waals surface area contributed by atoms with Crippen molar-refractivity contribution in [3.05, 3.63) is 54.0 Å². The van der Waals surface area contributed by atoms with E-state index in [0.29, 0.717) is 5.52 Å². The number of aromatic nitrogens is 3. The Morgan fingerprint density at radius 2 is 1.96 bits per heavy atom. The first-order chi connectivity index (χ1) is 11.4. The number of para-hydroxylation sites is 1. The van der Waals surface area contributed by atoms with Crippen molar-refractivity contribution in [3.8, 4) is 0 Å². The highest BCUT2D eigenvalue weighted by molar-refractivity contribution is 7.89. The van der Waals surface area contributed by atoms with E-state index in [1.165, 1.54) is 4.31 Å². The van der Waals surface area contributed by atoms with Gasteiger partial charge < -0.3 is 0 Å². The molecule has 7 heteroatoms. The summed E-state index contributed by atoms with van der Waals surface area (Å²) in [7, 11) is -2.06. The summed E-state index contributed by atoms with van der Waals surface area (Å²) in [4.78, 5) is 4.48. The van der Waals surface area contributed by atoms with Crippen molar-refractivity contribution < 1.29 is 8.42 Å². The molecule has 2 heterocycles. The van der Waals surface area contributed by atoms with Crippen LogP contribution in [0.15, 0.2) is 47.6 Å². The van der Waals surface area contributed by atoms with E-state index in [4.69, 9.17) is 0 Å². The third kappa shape index (κ3) is 2.92. The van der Waals surface area contributed by atoms with Crippen molar-refractivity contribution in [2.75, 3.05) is 7.05 Å². The number of benzene rings is 1. The van der Waals surface area contributed by atoms with Crippen molar-refractivity contribution in [1.29, 1.82) is 0 Å². The van der Waals surface area contributed by atoms with E-state index in [1.54, 1.807) is 31.4 Å². The molecule has 0 atom stereocenters. The molecule has 3 aromatic rings. The quantitative estimate of drug-likeness (QED) is 0.713. The second kappa shape index (κ2) is 6.33. The molecule has 0 aliphatic carbocycles. The number of fused-ring (bicyclic) bond motifs is 1. The van der Waals surface area contributed by atoms with Gasteiger partial charge in [0, 0.05) is 43.5 Å². The average molecular weight is 344 g/mol. The van der Waals surface area contributed by atoms with Crippen molar-refractivity contribution in [2.45, 2.75) is 31.8 Å². The molecule has 0 aliphatic heterocycles. The van der Waals surface area contributed by atoms with Gasteiger partial charge in [0.15, 0.2) is 0 Å².